The van der Waals surface area contributed by atoms with Gasteiger partial charge < -0.3 is 5.32 Å². The highest BCUT2D eigenvalue weighted by atomic mass is 19.1. The minimum absolute atomic E-state index is 0.339. The maximum atomic E-state index is 12.1. The Balaban J connectivity index is 2.88. The maximum absolute atomic E-state index is 12.1. The van der Waals surface area contributed by atoms with Gasteiger partial charge in [-0.05, 0) is 12.1 Å². The smallest absolute Gasteiger partial charge is 0.141 e. The molecule has 9 heavy (non-hydrogen) atoms. The van der Waals surface area contributed by atoms with Gasteiger partial charge in [0.15, 0.2) is 0 Å². The Kier molecular flexibility index (Phi) is 1.63. The van der Waals surface area contributed by atoms with Crippen molar-refractivity contribution in [3.05, 3.63) is 31.2 Å². The summed E-state index contributed by atoms with van der Waals surface area (Å²) in [5, 5.41) is 2.53. The Morgan fingerprint density at radius 2 is 2.33 bits per heavy atom. The molecule has 0 atom stereocenters. The molecule has 0 amide bonds. The van der Waals surface area contributed by atoms with Gasteiger partial charge in [0.25, 0.3) is 0 Å². The van der Waals surface area contributed by atoms with Crippen LogP contribution in [0.2, 0.25) is 0 Å². The van der Waals surface area contributed by atoms with Crippen LogP contribution in [0.5, 0.6) is 0 Å². The summed E-state index contributed by atoms with van der Waals surface area (Å²) in [5.74, 6) is 0.227. The van der Waals surface area contributed by atoms with Crippen molar-refractivity contribution in [1.82, 2.24) is 4.98 Å². The fourth-order valence-electron chi connectivity index (χ4n) is 0.480. The molecule has 0 saturated carbocycles. The summed E-state index contributed by atoms with van der Waals surface area (Å²) in [4.78, 5) is 3.65. The van der Waals surface area contributed by atoms with Crippen LogP contribution >= 0.6 is 0 Å². The standard InChI is InChI=1S/C6H6FN2/c1-8-6-3-2-5(7)4-9-6/h2-4H,1H2,(H,8,9). The molecule has 1 aromatic heterocycles. The second kappa shape index (κ2) is 2.44. The van der Waals surface area contributed by atoms with E-state index in [2.05, 4.69) is 17.3 Å². The second-order valence-corrected chi connectivity index (χ2v) is 1.54. The van der Waals surface area contributed by atoms with Crippen molar-refractivity contribution in [2.24, 2.45) is 0 Å². The highest BCUT2D eigenvalue weighted by Crippen LogP contribution is 2.01. The van der Waals surface area contributed by atoms with Gasteiger partial charge in [-0.3, -0.25) is 0 Å². The van der Waals surface area contributed by atoms with E-state index in [1.165, 1.54) is 12.1 Å². The summed E-state index contributed by atoms with van der Waals surface area (Å²) < 4.78 is 12.1. The van der Waals surface area contributed by atoms with Gasteiger partial charge in [0.1, 0.15) is 11.6 Å². The number of nitrogens with zero attached hydrogens (tertiary/aromatic N) is 1. The highest BCUT2D eigenvalue weighted by Gasteiger charge is 1.88. The molecule has 0 aromatic carbocycles. The number of rotatable bonds is 1. The van der Waals surface area contributed by atoms with Crippen molar-refractivity contribution < 1.29 is 4.39 Å². The highest BCUT2D eigenvalue weighted by molar-refractivity contribution is 5.33. The van der Waals surface area contributed by atoms with Gasteiger partial charge in [-0.1, -0.05) is 0 Å². The normalized spacial score (nSPS) is 9.11. The van der Waals surface area contributed by atoms with Crippen molar-refractivity contribution in [3.63, 3.8) is 0 Å². The monoisotopic (exact) mass is 125 g/mol. The molecule has 0 aliphatic heterocycles. The molecule has 0 aliphatic rings. The van der Waals surface area contributed by atoms with Crippen molar-refractivity contribution in [2.75, 3.05) is 5.32 Å². The van der Waals surface area contributed by atoms with Gasteiger partial charge >= 0.3 is 0 Å². The van der Waals surface area contributed by atoms with Gasteiger partial charge in [-0.2, -0.15) is 0 Å². The summed E-state index contributed by atoms with van der Waals surface area (Å²) in [6.07, 6.45) is 1.13. The van der Waals surface area contributed by atoms with Crippen molar-refractivity contribution in [3.8, 4) is 0 Å². The number of hydrogen-bond donors (Lipinski definition) is 1. The van der Waals surface area contributed by atoms with E-state index in [0.717, 1.165) is 6.20 Å². The largest absolute Gasteiger partial charge is 0.368 e. The fourth-order valence-corrected chi connectivity index (χ4v) is 0.480. The summed E-state index contributed by atoms with van der Waals surface area (Å²) in [6, 6.07) is 2.84. The first-order chi connectivity index (χ1) is 4.33. The quantitative estimate of drug-likeness (QED) is 0.614. The Morgan fingerprint density at radius 1 is 1.56 bits per heavy atom. The lowest BCUT2D eigenvalue weighted by molar-refractivity contribution is 0.622. The number of anilines is 1. The second-order valence-electron chi connectivity index (χ2n) is 1.54. The van der Waals surface area contributed by atoms with Gasteiger partial charge in [0, 0.05) is 7.05 Å². The predicted octanol–water partition coefficient (Wildman–Crippen LogP) is 1.42. The Bertz CT molecular complexity index is 183. The number of halogens is 1. The summed E-state index contributed by atoms with van der Waals surface area (Å²) in [7, 11) is 3.35. The van der Waals surface area contributed by atoms with Crippen molar-refractivity contribution in [2.45, 2.75) is 0 Å². The first-order valence-electron chi connectivity index (χ1n) is 2.47. The molecule has 0 fully saturated rings. The lowest BCUT2D eigenvalue weighted by atomic mass is 10.4. The van der Waals surface area contributed by atoms with E-state index in [-0.39, 0.29) is 5.82 Å². The van der Waals surface area contributed by atoms with Crippen molar-refractivity contribution in [1.29, 1.82) is 0 Å². The third-order valence-corrected chi connectivity index (χ3v) is 0.909. The average molecular weight is 125 g/mol. The minimum Gasteiger partial charge on any atom is -0.368 e. The third-order valence-electron chi connectivity index (χ3n) is 0.909. The van der Waals surface area contributed by atoms with Gasteiger partial charge in [-0.15, -0.1) is 0 Å². The van der Waals surface area contributed by atoms with E-state index in [1.54, 1.807) is 0 Å². The Morgan fingerprint density at radius 3 is 2.78 bits per heavy atom. The molecule has 1 heterocycles. The topological polar surface area (TPSA) is 24.9 Å². The van der Waals surface area contributed by atoms with Gasteiger partial charge in [0.05, 0.1) is 6.20 Å². The number of nitrogens with one attached hydrogen (secondary N) is 1. The van der Waals surface area contributed by atoms with Crippen LogP contribution < -0.4 is 5.32 Å². The molecule has 1 aromatic rings. The minimum atomic E-state index is -0.339. The molecular formula is C6H6FN2. The molecule has 0 spiro atoms. The molecule has 3 heteroatoms. The van der Waals surface area contributed by atoms with Crippen LogP contribution in [0, 0.1) is 12.9 Å². The van der Waals surface area contributed by atoms with Gasteiger partial charge in [0.2, 0.25) is 0 Å². The van der Waals surface area contributed by atoms with E-state index in [9.17, 15) is 4.39 Å². The summed E-state index contributed by atoms with van der Waals surface area (Å²) in [5.41, 5.74) is 0. The van der Waals surface area contributed by atoms with E-state index >= 15 is 0 Å². The molecule has 1 radical (unpaired) electrons. The number of aromatic nitrogens is 1. The molecule has 1 N–H and O–H groups in total. The maximum Gasteiger partial charge on any atom is 0.141 e. The van der Waals surface area contributed by atoms with Crippen LogP contribution in [0.3, 0.4) is 0 Å². The van der Waals surface area contributed by atoms with Crippen molar-refractivity contribution >= 4 is 5.82 Å². The van der Waals surface area contributed by atoms with Gasteiger partial charge in [-0.25, -0.2) is 9.37 Å². The molecule has 1 rings (SSSR count). The molecule has 47 valence electrons. The van der Waals surface area contributed by atoms with Crippen LogP contribution in [0.25, 0.3) is 0 Å². The van der Waals surface area contributed by atoms with Crippen LogP contribution in [-0.4, -0.2) is 4.98 Å². The summed E-state index contributed by atoms with van der Waals surface area (Å²) >= 11 is 0. The third kappa shape index (κ3) is 1.38. The lowest BCUT2D eigenvalue weighted by Crippen LogP contribution is -1.88. The zero-order valence-corrected chi connectivity index (χ0v) is 4.76. The van der Waals surface area contributed by atoms with Crippen LogP contribution in [0.15, 0.2) is 18.3 Å². The number of pyridine rings is 1. The van der Waals surface area contributed by atoms with E-state index < -0.39 is 0 Å². The predicted molar refractivity (Wildman–Crippen MR) is 33.2 cm³/mol. The molecule has 0 bridgehead atoms. The molecule has 0 aliphatic carbocycles. The zero-order chi connectivity index (χ0) is 6.69. The Labute approximate surface area is 52.7 Å². The number of hydrogen-bond acceptors (Lipinski definition) is 2. The molecular weight excluding hydrogens is 119 g/mol. The van der Waals surface area contributed by atoms with Crippen LogP contribution in [0.1, 0.15) is 0 Å². The van der Waals surface area contributed by atoms with Crippen LogP contribution in [0.4, 0.5) is 10.2 Å². The zero-order valence-electron chi connectivity index (χ0n) is 4.76. The molecule has 0 saturated heterocycles. The van der Waals surface area contributed by atoms with Crippen LogP contribution in [-0.2, 0) is 0 Å². The Hall–Kier alpha value is -1.12. The summed E-state index contributed by atoms with van der Waals surface area (Å²) in [6.45, 7) is 0. The fraction of sp³-hybridized carbons (Fsp3) is 0. The van der Waals surface area contributed by atoms with E-state index in [4.69, 9.17) is 0 Å². The lowest BCUT2D eigenvalue weighted by Gasteiger charge is -1.94. The first kappa shape index (κ1) is 6.01. The SMILES string of the molecule is [CH2]Nc1ccc(F)cn1. The average Bonchev–Trinajstić information content (AvgIpc) is 1.90. The van der Waals surface area contributed by atoms with E-state index in [0.29, 0.717) is 5.82 Å². The molecule has 0 unspecified atom stereocenters. The van der Waals surface area contributed by atoms with E-state index in [1.807, 2.05) is 0 Å². The first-order valence-corrected chi connectivity index (χ1v) is 2.47. The molecule has 2 nitrogen and oxygen atoms in total.